The molecule has 46 heavy (non-hydrogen) atoms. The van der Waals surface area contributed by atoms with Crippen LogP contribution in [0.1, 0.15) is 25.0 Å². The van der Waals surface area contributed by atoms with E-state index in [1.54, 1.807) is 61.7 Å². The Morgan fingerprint density at radius 3 is 1.98 bits per heavy atom. The van der Waals surface area contributed by atoms with E-state index in [0.29, 0.717) is 23.7 Å². The standard InChI is InChI=1S/C36H41N3O6S/c1-27(2)24-37-36(41)34(23-28-12-7-5-8-13-28)38(25-29-14-11-17-32(22-29)45-4)35(40)26-39(30-15-9-6-10-16-30)46(42,43)33-20-18-31(44-3)19-21-33/h5-22,27,34H,23-26H2,1-4H3,(H,37,41)/t34-/m0/s1. The highest BCUT2D eigenvalue weighted by atomic mass is 32.2. The second kappa shape index (κ2) is 15.9. The van der Waals surface area contributed by atoms with Crippen LogP contribution in [0.5, 0.6) is 11.5 Å². The fraction of sp³-hybridized carbons (Fsp3) is 0.278. The average Bonchev–Trinajstić information content (AvgIpc) is 3.08. The van der Waals surface area contributed by atoms with Crippen molar-refractivity contribution >= 4 is 27.5 Å². The average molecular weight is 644 g/mol. The Morgan fingerprint density at radius 2 is 1.37 bits per heavy atom. The minimum atomic E-state index is -4.21. The smallest absolute Gasteiger partial charge is 0.264 e. The van der Waals surface area contributed by atoms with Crippen molar-refractivity contribution in [2.24, 2.45) is 5.92 Å². The van der Waals surface area contributed by atoms with Crippen molar-refractivity contribution in [3.63, 3.8) is 0 Å². The number of anilines is 1. The summed E-state index contributed by atoms with van der Waals surface area (Å²) in [6.07, 6.45) is 0.233. The summed E-state index contributed by atoms with van der Waals surface area (Å²) >= 11 is 0. The van der Waals surface area contributed by atoms with Gasteiger partial charge in [-0.2, -0.15) is 0 Å². The highest BCUT2D eigenvalue weighted by Gasteiger charge is 2.34. The molecule has 0 saturated heterocycles. The molecule has 0 fully saturated rings. The van der Waals surface area contributed by atoms with Gasteiger partial charge >= 0.3 is 0 Å². The van der Waals surface area contributed by atoms with Crippen LogP contribution in [0.4, 0.5) is 5.69 Å². The van der Waals surface area contributed by atoms with Gasteiger partial charge in [0, 0.05) is 19.5 Å². The Labute approximate surface area is 271 Å². The molecule has 0 spiro atoms. The summed E-state index contributed by atoms with van der Waals surface area (Å²) in [5.41, 5.74) is 1.91. The number of sulfonamides is 1. The van der Waals surface area contributed by atoms with Gasteiger partial charge in [-0.15, -0.1) is 0 Å². The third kappa shape index (κ3) is 8.88. The van der Waals surface area contributed by atoms with E-state index in [0.717, 1.165) is 15.4 Å². The number of hydrogen-bond donors (Lipinski definition) is 1. The van der Waals surface area contributed by atoms with Gasteiger partial charge in [0.25, 0.3) is 10.0 Å². The summed E-state index contributed by atoms with van der Waals surface area (Å²) in [6.45, 7) is 3.92. The van der Waals surface area contributed by atoms with Gasteiger partial charge in [0.05, 0.1) is 24.8 Å². The number of benzene rings is 4. The zero-order valence-corrected chi connectivity index (χ0v) is 27.4. The van der Waals surface area contributed by atoms with E-state index >= 15 is 0 Å². The van der Waals surface area contributed by atoms with Crippen LogP contribution in [0, 0.1) is 5.92 Å². The summed E-state index contributed by atoms with van der Waals surface area (Å²) in [6, 6.07) is 30.2. The van der Waals surface area contributed by atoms with Gasteiger partial charge in [0.1, 0.15) is 24.1 Å². The van der Waals surface area contributed by atoms with Crippen molar-refractivity contribution in [3.05, 3.63) is 120 Å². The number of hydrogen-bond acceptors (Lipinski definition) is 6. The van der Waals surface area contributed by atoms with E-state index in [1.807, 2.05) is 56.3 Å². The van der Waals surface area contributed by atoms with Crippen molar-refractivity contribution in [2.75, 3.05) is 31.6 Å². The molecule has 0 heterocycles. The van der Waals surface area contributed by atoms with Crippen LogP contribution >= 0.6 is 0 Å². The van der Waals surface area contributed by atoms with Crippen LogP contribution in [0.2, 0.25) is 0 Å². The number of para-hydroxylation sites is 1. The van der Waals surface area contributed by atoms with Crippen molar-refractivity contribution in [2.45, 2.75) is 37.8 Å². The molecule has 1 N–H and O–H groups in total. The van der Waals surface area contributed by atoms with E-state index in [2.05, 4.69) is 5.32 Å². The Balaban J connectivity index is 1.79. The minimum Gasteiger partial charge on any atom is -0.497 e. The fourth-order valence-electron chi connectivity index (χ4n) is 4.94. The first kappa shape index (κ1) is 34.1. The molecule has 0 radical (unpaired) electrons. The molecule has 10 heteroatoms. The van der Waals surface area contributed by atoms with E-state index in [-0.39, 0.29) is 29.7 Å². The van der Waals surface area contributed by atoms with Crippen LogP contribution in [0.25, 0.3) is 0 Å². The Bertz CT molecular complexity index is 1680. The van der Waals surface area contributed by atoms with Gasteiger partial charge in [-0.25, -0.2) is 8.42 Å². The predicted octanol–water partition coefficient (Wildman–Crippen LogP) is 5.31. The molecule has 0 aliphatic rings. The molecule has 1 atom stereocenters. The van der Waals surface area contributed by atoms with E-state index in [9.17, 15) is 18.0 Å². The normalized spacial score (nSPS) is 11.8. The number of carbonyl (C=O) groups excluding carboxylic acids is 2. The second-order valence-electron chi connectivity index (χ2n) is 11.2. The molecule has 0 aliphatic heterocycles. The zero-order valence-electron chi connectivity index (χ0n) is 26.6. The van der Waals surface area contributed by atoms with E-state index < -0.39 is 28.5 Å². The molecular weight excluding hydrogens is 602 g/mol. The lowest BCUT2D eigenvalue weighted by Crippen LogP contribution is -2.53. The van der Waals surface area contributed by atoms with Gasteiger partial charge in [-0.1, -0.05) is 74.5 Å². The maximum atomic E-state index is 14.5. The number of methoxy groups -OCH3 is 2. The summed E-state index contributed by atoms with van der Waals surface area (Å²) < 4.78 is 40.0. The number of carbonyl (C=O) groups is 2. The Kier molecular flexibility index (Phi) is 11.8. The lowest BCUT2D eigenvalue weighted by molar-refractivity contribution is -0.140. The highest BCUT2D eigenvalue weighted by Crippen LogP contribution is 2.26. The number of amides is 2. The van der Waals surface area contributed by atoms with Crippen LogP contribution in [0.15, 0.2) is 114 Å². The molecule has 2 amide bonds. The fourth-order valence-corrected chi connectivity index (χ4v) is 6.36. The molecule has 0 unspecified atom stereocenters. The Morgan fingerprint density at radius 1 is 0.761 bits per heavy atom. The largest absolute Gasteiger partial charge is 0.497 e. The number of rotatable bonds is 15. The van der Waals surface area contributed by atoms with Gasteiger partial charge < -0.3 is 19.7 Å². The number of nitrogens with one attached hydrogen (secondary N) is 1. The van der Waals surface area contributed by atoms with E-state index in [1.165, 1.54) is 24.1 Å². The highest BCUT2D eigenvalue weighted by molar-refractivity contribution is 7.92. The van der Waals surface area contributed by atoms with Crippen molar-refractivity contribution in [1.82, 2.24) is 10.2 Å². The maximum Gasteiger partial charge on any atom is 0.264 e. The third-order valence-corrected chi connectivity index (χ3v) is 9.20. The van der Waals surface area contributed by atoms with Crippen molar-refractivity contribution in [3.8, 4) is 11.5 Å². The monoisotopic (exact) mass is 643 g/mol. The molecule has 0 saturated carbocycles. The van der Waals surface area contributed by atoms with E-state index in [4.69, 9.17) is 9.47 Å². The number of ether oxygens (including phenoxy) is 2. The Hall–Kier alpha value is -4.83. The summed E-state index contributed by atoms with van der Waals surface area (Å²) in [5.74, 6) is 0.429. The first-order valence-corrected chi connectivity index (χ1v) is 16.5. The molecule has 4 rings (SSSR count). The first-order chi connectivity index (χ1) is 22.1. The molecule has 4 aromatic carbocycles. The van der Waals surface area contributed by atoms with Gasteiger partial charge in [-0.05, 0) is 65.6 Å². The second-order valence-corrected chi connectivity index (χ2v) is 13.1. The zero-order chi connectivity index (χ0) is 33.1. The lowest BCUT2D eigenvalue weighted by Gasteiger charge is -2.34. The summed E-state index contributed by atoms with van der Waals surface area (Å²) in [7, 11) is -1.15. The molecule has 9 nitrogen and oxygen atoms in total. The molecular formula is C36H41N3O6S. The number of nitrogens with zero attached hydrogens (tertiary/aromatic N) is 2. The molecule has 4 aromatic rings. The first-order valence-electron chi connectivity index (χ1n) is 15.1. The maximum absolute atomic E-state index is 14.5. The van der Waals surface area contributed by atoms with Crippen LogP contribution in [0.3, 0.4) is 0 Å². The van der Waals surface area contributed by atoms with Crippen molar-refractivity contribution in [1.29, 1.82) is 0 Å². The molecule has 242 valence electrons. The van der Waals surface area contributed by atoms with Gasteiger partial charge in [0.15, 0.2) is 0 Å². The molecule has 0 aliphatic carbocycles. The SMILES string of the molecule is COc1ccc(S(=O)(=O)N(CC(=O)N(Cc2cccc(OC)c2)[C@@H](Cc2ccccc2)C(=O)NCC(C)C)c2ccccc2)cc1. The topological polar surface area (TPSA) is 105 Å². The van der Waals surface area contributed by atoms with Crippen LogP contribution in [-0.4, -0.2) is 58.5 Å². The molecule has 0 bridgehead atoms. The van der Waals surface area contributed by atoms with Crippen LogP contribution < -0.4 is 19.1 Å². The minimum absolute atomic E-state index is 0.000175. The lowest BCUT2D eigenvalue weighted by atomic mass is 10.0. The van der Waals surface area contributed by atoms with Crippen molar-refractivity contribution < 1.29 is 27.5 Å². The summed E-state index contributed by atoms with van der Waals surface area (Å²) in [5, 5.41) is 3.00. The quantitative estimate of drug-likeness (QED) is 0.188. The van der Waals surface area contributed by atoms with Gasteiger partial charge in [-0.3, -0.25) is 13.9 Å². The molecule has 0 aromatic heterocycles. The summed E-state index contributed by atoms with van der Waals surface area (Å²) in [4.78, 5) is 29.9. The third-order valence-electron chi connectivity index (χ3n) is 7.41. The predicted molar refractivity (Wildman–Crippen MR) is 179 cm³/mol. The van der Waals surface area contributed by atoms with Crippen LogP contribution in [-0.2, 0) is 32.6 Å². The van der Waals surface area contributed by atoms with Gasteiger partial charge in [0.2, 0.25) is 11.8 Å².